The Bertz CT molecular complexity index is 1180. The summed E-state index contributed by atoms with van der Waals surface area (Å²) in [5.74, 6) is -0.263. The van der Waals surface area contributed by atoms with Gasteiger partial charge in [-0.25, -0.2) is 21.1 Å². The number of carbonyl (C=O) groups is 1. The molecular formula is C20H25N3O5S3. The van der Waals surface area contributed by atoms with Crippen molar-refractivity contribution in [3.8, 4) is 0 Å². The van der Waals surface area contributed by atoms with Gasteiger partial charge in [-0.2, -0.15) is 4.31 Å². The van der Waals surface area contributed by atoms with E-state index in [-0.39, 0.29) is 16.7 Å². The van der Waals surface area contributed by atoms with Gasteiger partial charge in [-0.3, -0.25) is 4.79 Å². The van der Waals surface area contributed by atoms with Crippen molar-refractivity contribution in [1.29, 1.82) is 0 Å². The highest BCUT2D eigenvalue weighted by atomic mass is 32.2. The van der Waals surface area contributed by atoms with Gasteiger partial charge in [0.05, 0.1) is 4.90 Å². The molecule has 0 bridgehead atoms. The summed E-state index contributed by atoms with van der Waals surface area (Å²) in [4.78, 5) is 15.1. The van der Waals surface area contributed by atoms with E-state index in [4.69, 9.17) is 0 Å². The molecule has 0 aliphatic carbocycles. The number of rotatable bonds is 5. The van der Waals surface area contributed by atoms with Crippen molar-refractivity contribution in [1.82, 2.24) is 8.61 Å². The van der Waals surface area contributed by atoms with Gasteiger partial charge < -0.3 is 4.90 Å². The molecule has 3 heterocycles. The zero-order valence-electron chi connectivity index (χ0n) is 17.4. The topological polar surface area (TPSA) is 95.1 Å². The second-order valence-electron chi connectivity index (χ2n) is 7.93. The number of thiophene rings is 1. The van der Waals surface area contributed by atoms with Gasteiger partial charge in [0, 0.05) is 45.3 Å². The maximum absolute atomic E-state index is 13.2. The number of carbonyl (C=O) groups excluding carboxylic acids is 1. The van der Waals surface area contributed by atoms with Gasteiger partial charge in [0.15, 0.2) is 0 Å². The molecule has 4 rings (SSSR count). The molecular weight excluding hydrogens is 458 g/mol. The van der Waals surface area contributed by atoms with Crippen LogP contribution in [0.25, 0.3) is 0 Å². The summed E-state index contributed by atoms with van der Waals surface area (Å²) >= 11 is 1.20. The number of anilines is 1. The van der Waals surface area contributed by atoms with Gasteiger partial charge >= 0.3 is 0 Å². The molecule has 0 spiro atoms. The van der Waals surface area contributed by atoms with E-state index >= 15 is 0 Å². The van der Waals surface area contributed by atoms with E-state index in [0.717, 1.165) is 11.3 Å². The Balaban J connectivity index is 1.46. The number of piperidine rings is 1. The van der Waals surface area contributed by atoms with Gasteiger partial charge in [0.25, 0.3) is 10.0 Å². The van der Waals surface area contributed by atoms with Gasteiger partial charge in [-0.15, -0.1) is 11.3 Å². The smallest absolute Gasteiger partial charge is 0.252 e. The molecule has 2 aliphatic rings. The fourth-order valence-electron chi connectivity index (χ4n) is 4.08. The predicted molar refractivity (Wildman–Crippen MR) is 119 cm³/mol. The van der Waals surface area contributed by atoms with Crippen molar-refractivity contribution < 1.29 is 21.6 Å². The number of hydrogen-bond acceptors (Lipinski definition) is 6. The minimum Gasteiger partial charge on any atom is -0.312 e. The first-order valence-corrected chi connectivity index (χ1v) is 13.8. The van der Waals surface area contributed by atoms with E-state index < -0.39 is 20.0 Å². The van der Waals surface area contributed by atoms with E-state index in [1.807, 2.05) is 0 Å². The lowest BCUT2D eigenvalue weighted by molar-refractivity contribution is -0.123. The van der Waals surface area contributed by atoms with Crippen LogP contribution in [0, 0.1) is 5.92 Å². The zero-order valence-corrected chi connectivity index (χ0v) is 19.8. The molecule has 8 nitrogen and oxygen atoms in total. The van der Waals surface area contributed by atoms with Crippen molar-refractivity contribution in [3.63, 3.8) is 0 Å². The van der Waals surface area contributed by atoms with Crippen LogP contribution >= 0.6 is 11.3 Å². The van der Waals surface area contributed by atoms with E-state index in [0.29, 0.717) is 43.1 Å². The molecule has 0 N–H and O–H groups in total. The van der Waals surface area contributed by atoms with Gasteiger partial charge in [-0.05, 0) is 54.5 Å². The maximum Gasteiger partial charge on any atom is 0.252 e. The lowest BCUT2D eigenvalue weighted by atomic mass is 9.96. The number of fused-ring (bicyclic) bond motifs is 1. The number of benzene rings is 1. The fourth-order valence-corrected chi connectivity index (χ4v) is 7.65. The average molecular weight is 484 g/mol. The lowest BCUT2D eigenvalue weighted by Crippen LogP contribution is -2.44. The van der Waals surface area contributed by atoms with Crippen LogP contribution in [-0.2, 0) is 31.3 Å². The second kappa shape index (κ2) is 8.28. The van der Waals surface area contributed by atoms with E-state index in [1.54, 1.807) is 34.5 Å². The van der Waals surface area contributed by atoms with Gasteiger partial charge in [0.2, 0.25) is 15.9 Å². The Morgan fingerprint density at radius 3 is 2.39 bits per heavy atom. The molecule has 1 aromatic carbocycles. The first-order valence-electron chi connectivity index (χ1n) is 10.0. The van der Waals surface area contributed by atoms with Crippen molar-refractivity contribution in [2.24, 2.45) is 5.92 Å². The minimum atomic E-state index is -3.53. The molecule has 1 aromatic heterocycles. The Kier molecular flexibility index (Phi) is 5.99. The predicted octanol–water partition coefficient (Wildman–Crippen LogP) is 1.99. The molecule has 0 saturated carbocycles. The monoisotopic (exact) mass is 483 g/mol. The second-order valence-corrected chi connectivity index (χ2v) is 13.2. The molecule has 1 amide bonds. The summed E-state index contributed by atoms with van der Waals surface area (Å²) in [5.41, 5.74) is 1.59. The first-order chi connectivity index (χ1) is 14.6. The lowest BCUT2D eigenvalue weighted by Gasteiger charge is -2.32. The zero-order chi connectivity index (χ0) is 22.4. The van der Waals surface area contributed by atoms with Crippen LogP contribution < -0.4 is 4.90 Å². The number of hydrogen-bond donors (Lipinski definition) is 0. The molecule has 31 heavy (non-hydrogen) atoms. The van der Waals surface area contributed by atoms with Crippen LogP contribution in [0.4, 0.5) is 5.69 Å². The number of nitrogens with zero attached hydrogens (tertiary/aromatic N) is 3. The molecule has 0 radical (unpaired) electrons. The fraction of sp³-hybridized carbons (Fsp3) is 0.450. The molecule has 0 unspecified atom stereocenters. The van der Waals surface area contributed by atoms with Crippen LogP contribution in [0.1, 0.15) is 18.4 Å². The van der Waals surface area contributed by atoms with Crippen molar-refractivity contribution >= 4 is 43.0 Å². The summed E-state index contributed by atoms with van der Waals surface area (Å²) in [5, 5.41) is 1.74. The summed E-state index contributed by atoms with van der Waals surface area (Å²) in [6, 6.07) is 8.20. The Hall–Kier alpha value is -1.79. The first kappa shape index (κ1) is 22.4. The Labute approximate surface area is 187 Å². The standard InChI is InChI=1S/C20H25N3O5S3/c1-21(2)30(25,26)17-5-6-18-16(14-17)9-12-23(18)20(24)15-7-10-22(11-8-15)31(27,28)19-4-3-13-29-19/h3-6,13-15H,7-12H2,1-2H3. The molecule has 1 saturated heterocycles. The molecule has 0 atom stereocenters. The SMILES string of the molecule is CN(C)S(=O)(=O)c1ccc2c(c1)CCN2C(=O)C1CCN(S(=O)(=O)c2cccs2)CC1. The van der Waals surface area contributed by atoms with Crippen LogP contribution in [0.5, 0.6) is 0 Å². The molecule has 1 fully saturated rings. The van der Waals surface area contributed by atoms with Crippen LogP contribution in [0.2, 0.25) is 0 Å². The minimum absolute atomic E-state index is 0.0184. The highest BCUT2D eigenvalue weighted by Crippen LogP contribution is 2.34. The van der Waals surface area contributed by atoms with Gasteiger partial charge in [-0.1, -0.05) is 6.07 Å². The third kappa shape index (κ3) is 4.05. The van der Waals surface area contributed by atoms with Crippen LogP contribution in [-0.4, -0.2) is 65.1 Å². The normalized spacial score (nSPS) is 18.5. The summed E-state index contributed by atoms with van der Waals surface area (Å²) in [6.07, 6.45) is 1.55. The third-order valence-electron chi connectivity index (χ3n) is 5.88. The molecule has 11 heteroatoms. The summed E-state index contributed by atoms with van der Waals surface area (Å²) in [7, 11) is -4.04. The highest BCUT2D eigenvalue weighted by molar-refractivity contribution is 7.91. The van der Waals surface area contributed by atoms with Crippen molar-refractivity contribution in [3.05, 3.63) is 41.3 Å². The Morgan fingerprint density at radius 1 is 1.06 bits per heavy atom. The van der Waals surface area contributed by atoms with E-state index in [1.165, 1.54) is 40.1 Å². The third-order valence-corrected chi connectivity index (χ3v) is 11.0. The van der Waals surface area contributed by atoms with Crippen molar-refractivity contribution in [2.75, 3.05) is 38.6 Å². The average Bonchev–Trinajstić information content (AvgIpc) is 3.43. The van der Waals surface area contributed by atoms with E-state index in [2.05, 4.69) is 0 Å². The molecule has 2 aromatic rings. The van der Waals surface area contributed by atoms with Gasteiger partial charge in [0.1, 0.15) is 4.21 Å². The maximum atomic E-state index is 13.2. The molecule has 2 aliphatic heterocycles. The quantitative estimate of drug-likeness (QED) is 0.648. The van der Waals surface area contributed by atoms with E-state index in [9.17, 15) is 21.6 Å². The largest absolute Gasteiger partial charge is 0.312 e. The number of sulfonamides is 2. The van der Waals surface area contributed by atoms with Crippen LogP contribution in [0.3, 0.4) is 0 Å². The summed E-state index contributed by atoms with van der Waals surface area (Å²) in [6.45, 7) is 1.14. The van der Waals surface area contributed by atoms with Crippen LogP contribution in [0.15, 0.2) is 44.8 Å². The van der Waals surface area contributed by atoms with Crippen molar-refractivity contribution in [2.45, 2.75) is 28.4 Å². The molecule has 168 valence electrons. The highest BCUT2D eigenvalue weighted by Gasteiger charge is 2.36. The Morgan fingerprint density at radius 2 is 1.77 bits per heavy atom. The number of amides is 1. The summed E-state index contributed by atoms with van der Waals surface area (Å²) < 4.78 is 53.1.